The first kappa shape index (κ1) is 16.8. The standard InChI is InChI=1S/C19H23N5O2/c1-10-6-8-21-19(22-10)23-16-11(2)17(13-4-5-13)24(12(3)25)14-7-9-20-18(26)15(14)16/h6-9,11,13,16-17H,4-5H2,1-3H3,(H,20,26)(H,21,22,23)/t11-,16-,17-/m1/s1. The van der Waals surface area contributed by atoms with E-state index < -0.39 is 0 Å². The molecule has 2 aromatic rings. The fourth-order valence-electron chi connectivity index (χ4n) is 4.14. The van der Waals surface area contributed by atoms with Gasteiger partial charge in [0.15, 0.2) is 0 Å². The molecule has 136 valence electrons. The van der Waals surface area contributed by atoms with E-state index in [1.807, 2.05) is 24.0 Å². The van der Waals surface area contributed by atoms with E-state index in [4.69, 9.17) is 0 Å². The average molecular weight is 353 g/mol. The summed E-state index contributed by atoms with van der Waals surface area (Å²) in [5.74, 6) is 1.02. The van der Waals surface area contributed by atoms with Crippen molar-refractivity contribution in [2.45, 2.75) is 45.7 Å². The number of carbonyl (C=O) groups is 1. The molecule has 1 saturated carbocycles. The summed E-state index contributed by atoms with van der Waals surface area (Å²) in [4.78, 5) is 27.1. The molecule has 1 fully saturated rings. The third-order valence-electron chi connectivity index (χ3n) is 5.40. The molecular formula is C19H23N5O2. The van der Waals surface area contributed by atoms with Gasteiger partial charge in [-0.1, -0.05) is 6.92 Å². The van der Waals surface area contributed by atoms with Crippen LogP contribution in [0.3, 0.4) is 0 Å². The van der Waals surface area contributed by atoms with Crippen LogP contribution in [-0.2, 0) is 4.79 Å². The first-order valence-corrected chi connectivity index (χ1v) is 9.01. The number of aromatic nitrogens is 3. The summed E-state index contributed by atoms with van der Waals surface area (Å²) in [6.45, 7) is 5.61. The van der Waals surface area contributed by atoms with Crippen LogP contribution in [0, 0.1) is 18.8 Å². The van der Waals surface area contributed by atoms with Gasteiger partial charge in [0, 0.05) is 37.0 Å². The van der Waals surface area contributed by atoms with Gasteiger partial charge in [0.25, 0.3) is 0 Å². The van der Waals surface area contributed by atoms with Crippen molar-refractivity contribution >= 4 is 17.5 Å². The third kappa shape index (κ3) is 2.77. The largest absolute Gasteiger partial charge is 0.493 e. The van der Waals surface area contributed by atoms with E-state index >= 15 is 0 Å². The molecular weight excluding hydrogens is 330 g/mol. The van der Waals surface area contributed by atoms with Crippen LogP contribution in [0.2, 0.25) is 0 Å². The van der Waals surface area contributed by atoms with E-state index in [-0.39, 0.29) is 29.8 Å². The monoisotopic (exact) mass is 353 g/mol. The lowest BCUT2D eigenvalue weighted by Gasteiger charge is -2.45. The van der Waals surface area contributed by atoms with Crippen molar-refractivity contribution in [1.29, 1.82) is 0 Å². The van der Waals surface area contributed by atoms with Gasteiger partial charge in [-0.3, -0.25) is 4.79 Å². The number of pyridine rings is 1. The molecule has 7 nitrogen and oxygen atoms in total. The van der Waals surface area contributed by atoms with Gasteiger partial charge >= 0.3 is 0 Å². The van der Waals surface area contributed by atoms with Crippen LogP contribution in [0.4, 0.5) is 11.6 Å². The Hall–Kier alpha value is -2.70. The Labute approximate surface area is 152 Å². The van der Waals surface area contributed by atoms with E-state index in [9.17, 15) is 9.90 Å². The highest BCUT2D eigenvalue weighted by Crippen LogP contribution is 2.51. The second-order valence-corrected chi connectivity index (χ2v) is 7.29. The number of nitrogens with zero attached hydrogens (tertiary/aromatic N) is 4. The van der Waals surface area contributed by atoms with Crippen molar-refractivity contribution in [3.8, 4) is 5.88 Å². The number of hydrogen-bond acceptors (Lipinski definition) is 6. The van der Waals surface area contributed by atoms with E-state index in [1.165, 1.54) is 0 Å². The number of aromatic hydroxyl groups is 1. The van der Waals surface area contributed by atoms with Crippen LogP contribution < -0.4 is 10.2 Å². The number of fused-ring (bicyclic) bond motifs is 1. The van der Waals surface area contributed by atoms with Gasteiger partial charge in [-0.2, -0.15) is 0 Å². The van der Waals surface area contributed by atoms with Gasteiger partial charge in [0.1, 0.15) is 0 Å². The topological polar surface area (TPSA) is 91.2 Å². The number of aryl methyl sites for hydroxylation is 1. The molecule has 1 aliphatic carbocycles. The van der Waals surface area contributed by atoms with Crippen molar-refractivity contribution in [2.75, 3.05) is 10.2 Å². The normalized spacial score (nSPS) is 24.9. The maximum Gasteiger partial charge on any atom is 0.224 e. The Morgan fingerprint density at radius 3 is 2.65 bits per heavy atom. The number of carbonyl (C=O) groups excluding carboxylic acids is 1. The maximum atomic E-state index is 12.4. The summed E-state index contributed by atoms with van der Waals surface area (Å²) in [5, 5.41) is 13.9. The summed E-state index contributed by atoms with van der Waals surface area (Å²) in [5.41, 5.74) is 2.23. The zero-order chi connectivity index (χ0) is 18.4. The summed E-state index contributed by atoms with van der Waals surface area (Å²) >= 11 is 0. The minimum Gasteiger partial charge on any atom is -0.493 e. The number of rotatable bonds is 3. The molecule has 0 saturated heterocycles. The molecule has 1 aliphatic heterocycles. The summed E-state index contributed by atoms with van der Waals surface area (Å²) in [6.07, 6.45) is 5.50. The van der Waals surface area contributed by atoms with Crippen molar-refractivity contribution < 1.29 is 9.90 Å². The molecule has 1 amide bonds. The predicted octanol–water partition coefficient (Wildman–Crippen LogP) is 2.82. The van der Waals surface area contributed by atoms with Crippen LogP contribution in [0.25, 0.3) is 0 Å². The summed E-state index contributed by atoms with van der Waals surface area (Å²) in [7, 11) is 0. The van der Waals surface area contributed by atoms with Crippen LogP contribution in [0.1, 0.15) is 44.0 Å². The third-order valence-corrected chi connectivity index (χ3v) is 5.40. The number of nitrogens with one attached hydrogen (secondary N) is 1. The number of hydrogen-bond donors (Lipinski definition) is 2. The molecule has 0 aromatic carbocycles. The Morgan fingerprint density at radius 1 is 1.27 bits per heavy atom. The highest BCUT2D eigenvalue weighted by atomic mass is 16.3. The molecule has 7 heteroatoms. The molecule has 3 atom stereocenters. The minimum absolute atomic E-state index is 0.00847. The fraction of sp³-hybridized carbons (Fsp3) is 0.474. The van der Waals surface area contributed by atoms with Crippen molar-refractivity contribution in [2.24, 2.45) is 11.8 Å². The molecule has 2 N–H and O–H groups in total. The lowest BCUT2D eigenvalue weighted by molar-refractivity contribution is -0.117. The zero-order valence-electron chi connectivity index (χ0n) is 15.2. The highest BCUT2D eigenvalue weighted by Gasteiger charge is 2.48. The van der Waals surface area contributed by atoms with Gasteiger partial charge in [0.2, 0.25) is 17.7 Å². The Kier molecular flexibility index (Phi) is 4.01. The predicted molar refractivity (Wildman–Crippen MR) is 97.9 cm³/mol. The molecule has 0 bridgehead atoms. The Bertz CT molecular complexity index is 852. The van der Waals surface area contributed by atoms with Crippen molar-refractivity contribution in [3.05, 3.63) is 35.8 Å². The summed E-state index contributed by atoms with van der Waals surface area (Å²) < 4.78 is 0. The summed E-state index contributed by atoms with van der Waals surface area (Å²) in [6, 6.07) is 3.52. The molecule has 0 unspecified atom stereocenters. The fourth-order valence-corrected chi connectivity index (χ4v) is 4.14. The first-order chi connectivity index (χ1) is 12.5. The first-order valence-electron chi connectivity index (χ1n) is 9.01. The molecule has 2 aromatic heterocycles. The zero-order valence-corrected chi connectivity index (χ0v) is 15.2. The average Bonchev–Trinajstić information content (AvgIpc) is 3.41. The molecule has 4 rings (SSSR count). The molecule has 3 heterocycles. The minimum atomic E-state index is -0.221. The van der Waals surface area contributed by atoms with Gasteiger partial charge in [-0.15, -0.1) is 0 Å². The maximum absolute atomic E-state index is 12.4. The SMILES string of the molecule is CC(=O)N1c2ccnc(O)c2[C@H](Nc2nccc(C)n2)[C@@H](C)[C@@H]1C1CC1. The quantitative estimate of drug-likeness (QED) is 0.882. The van der Waals surface area contributed by atoms with Crippen LogP contribution >= 0.6 is 0 Å². The molecule has 0 spiro atoms. The second kappa shape index (κ2) is 6.23. The van der Waals surface area contributed by atoms with Crippen LogP contribution in [-0.4, -0.2) is 32.0 Å². The van der Waals surface area contributed by atoms with Crippen LogP contribution in [0.15, 0.2) is 24.5 Å². The molecule has 26 heavy (non-hydrogen) atoms. The Morgan fingerprint density at radius 2 is 2.00 bits per heavy atom. The van der Waals surface area contributed by atoms with Crippen molar-refractivity contribution in [3.63, 3.8) is 0 Å². The lowest BCUT2D eigenvalue weighted by Crippen LogP contribution is -2.51. The second-order valence-electron chi connectivity index (χ2n) is 7.29. The van der Waals surface area contributed by atoms with E-state index in [0.29, 0.717) is 17.4 Å². The number of amides is 1. The van der Waals surface area contributed by atoms with Crippen LogP contribution in [0.5, 0.6) is 5.88 Å². The van der Waals surface area contributed by atoms with E-state index in [0.717, 1.165) is 24.2 Å². The molecule has 0 radical (unpaired) electrons. The lowest BCUT2D eigenvalue weighted by atomic mass is 9.80. The van der Waals surface area contributed by atoms with E-state index in [2.05, 4.69) is 27.2 Å². The van der Waals surface area contributed by atoms with Gasteiger partial charge < -0.3 is 15.3 Å². The van der Waals surface area contributed by atoms with Crippen molar-refractivity contribution in [1.82, 2.24) is 15.0 Å². The van der Waals surface area contributed by atoms with E-state index in [1.54, 1.807) is 19.3 Å². The molecule has 2 aliphatic rings. The van der Waals surface area contributed by atoms with Gasteiger partial charge in [0.05, 0.1) is 17.3 Å². The van der Waals surface area contributed by atoms with Gasteiger partial charge in [-0.05, 0) is 37.8 Å². The van der Waals surface area contributed by atoms with Gasteiger partial charge in [-0.25, -0.2) is 15.0 Å². The number of anilines is 2. The highest BCUT2D eigenvalue weighted by molar-refractivity contribution is 5.94. The Balaban J connectivity index is 1.82. The smallest absolute Gasteiger partial charge is 0.224 e.